The van der Waals surface area contributed by atoms with E-state index in [0.717, 1.165) is 13.1 Å². The van der Waals surface area contributed by atoms with Crippen LogP contribution in [0.1, 0.15) is 36.2 Å². The van der Waals surface area contributed by atoms with Crippen LogP contribution < -0.4 is 0 Å². The number of rotatable bonds is 1. The topological polar surface area (TPSA) is 40.5 Å². The van der Waals surface area contributed by atoms with E-state index in [0.29, 0.717) is 23.0 Å². The number of benzene rings is 1. The summed E-state index contributed by atoms with van der Waals surface area (Å²) in [5.74, 6) is 6.60. The molecule has 0 spiro atoms. The first kappa shape index (κ1) is 14.6. The van der Waals surface area contributed by atoms with Crippen molar-refractivity contribution in [2.45, 2.75) is 20.3 Å². The number of carbonyl (C=O) groups excluding carboxylic acids is 1. The van der Waals surface area contributed by atoms with Gasteiger partial charge < -0.3 is 10.0 Å². The van der Waals surface area contributed by atoms with E-state index < -0.39 is 0 Å². The first-order chi connectivity index (χ1) is 9.61. The molecule has 0 aromatic heterocycles. The van der Waals surface area contributed by atoms with Gasteiger partial charge in [-0.3, -0.25) is 4.79 Å². The monoisotopic (exact) mass is 271 g/mol. The summed E-state index contributed by atoms with van der Waals surface area (Å²) in [6, 6.07) is 7.36. The fraction of sp³-hybridized carbons (Fsp3) is 0.471. The van der Waals surface area contributed by atoms with E-state index in [2.05, 4.69) is 25.7 Å². The third-order valence-electron chi connectivity index (χ3n) is 3.62. The third kappa shape index (κ3) is 3.40. The summed E-state index contributed by atoms with van der Waals surface area (Å²) in [7, 11) is 0. The van der Waals surface area contributed by atoms with E-state index in [4.69, 9.17) is 5.11 Å². The second-order valence-electron chi connectivity index (χ2n) is 5.66. The van der Waals surface area contributed by atoms with Gasteiger partial charge in [-0.25, -0.2) is 0 Å². The summed E-state index contributed by atoms with van der Waals surface area (Å²) in [4.78, 5) is 14.6. The molecule has 0 saturated carbocycles. The molecule has 1 N–H and O–H groups in total. The average molecular weight is 271 g/mol. The van der Waals surface area contributed by atoms with Crippen LogP contribution in [0.15, 0.2) is 24.3 Å². The van der Waals surface area contributed by atoms with Crippen LogP contribution >= 0.6 is 0 Å². The lowest BCUT2D eigenvalue weighted by molar-refractivity contribution is 0.0623. The number of hydrogen-bond donors (Lipinski definition) is 1. The van der Waals surface area contributed by atoms with Crippen LogP contribution in [-0.2, 0) is 0 Å². The van der Waals surface area contributed by atoms with Crippen molar-refractivity contribution in [3.63, 3.8) is 0 Å². The van der Waals surface area contributed by atoms with E-state index in [-0.39, 0.29) is 12.5 Å². The van der Waals surface area contributed by atoms with Gasteiger partial charge in [-0.15, -0.1) is 0 Å². The summed E-state index contributed by atoms with van der Waals surface area (Å²) in [6.07, 6.45) is 1.18. The van der Waals surface area contributed by atoms with Crippen LogP contribution in [0.2, 0.25) is 0 Å². The second-order valence-corrected chi connectivity index (χ2v) is 5.66. The van der Waals surface area contributed by atoms with Crippen LogP contribution in [0.5, 0.6) is 0 Å². The zero-order valence-electron chi connectivity index (χ0n) is 12.1. The van der Waals surface area contributed by atoms with Crippen molar-refractivity contribution in [2.75, 3.05) is 19.7 Å². The van der Waals surface area contributed by atoms with Crippen LogP contribution in [0.3, 0.4) is 0 Å². The summed E-state index contributed by atoms with van der Waals surface area (Å²) < 4.78 is 0. The molecule has 2 unspecified atom stereocenters. The minimum absolute atomic E-state index is 0.0474. The van der Waals surface area contributed by atoms with Crippen molar-refractivity contribution in [1.29, 1.82) is 0 Å². The Balaban J connectivity index is 2.24. The highest BCUT2D eigenvalue weighted by atomic mass is 16.2. The van der Waals surface area contributed by atoms with Gasteiger partial charge in [0.2, 0.25) is 0 Å². The Morgan fingerprint density at radius 1 is 1.30 bits per heavy atom. The minimum Gasteiger partial charge on any atom is -0.384 e. The van der Waals surface area contributed by atoms with Crippen LogP contribution in [0, 0.1) is 23.7 Å². The van der Waals surface area contributed by atoms with Gasteiger partial charge in [0, 0.05) is 18.7 Å². The predicted molar refractivity (Wildman–Crippen MR) is 79.3 cm³/mol. The molecule has 1 aromatic rings. The van der Waals surface area contributed by atoms with E-state index in [1.807, 2.05) is 29.2 Å². The van der Waals surface area contributed by atoms with Crippen molar-refractivity contribution in [2.24, 2.45) is 11.8 Å². The van der Waals surface area contributed by atoms with Crippen LogP contribution in [-0.4, -0.2) is 35.6 Å². The van der Waals surface area contributed by atoms with Crippen LogP contribution in [0.4, 0.5) is 0 Å². The highest BCUT2D eigenvalue weighted by Gasteiger charge is 2.26. The number of aliphatic hydroxyl groups excluding tert-OH is 1. The summed E-state index contributed by atoms with van der Waals surface area (Å²) in [5, 5.41) is 8.81. The summed E-state index contributed by atoms with van der Waals surface area (Å²) >= 11 is 0. The largest absolute Gasteiger partial charge is 0.384 e. The van der Waals surface area contributed by atoms with E-state index in [1.54, 1.807) is 0 Å². The number of hydrogen-bond acceptors (Lipinski definition) is 2. The van der Waals surface area contributed by atoms with Gasteiger partial charge in [-0.1, -0.05) is 37.8 Å². The Bertz CT molecular complexity index is 531. The van der Waals surface area contributed by atoms with Gasteiger partial charge in [0.1, 0.15) is 6.61 Å². The molecule has 1 heterocycles. The van der Waals surface area contributed by atoms with Crippen molar-refractivity contribution < 1.29 is 9.90 Å². The standard InChI is InChI=1S/C17H21NO2/c1-13-10-14(2)12-18(11-13)17(20)16-8-4-3-6-15(16)7-5-9-19/h3-4,6,8,13-14,19H,9-12H2,1-2H3. The normalized spacial score (nSPS) is 22.1. The fourth-order valence-electron chi connectivity index (χ4n) is 2.91. The molecule has 3 nitrogen and oxygen atoms in total. The Labute approximate surface area is 120 Å². The quantitative estimate of drug-likeness (QED) is 0.795. The number of carbonyl (C=O) groups is 1. The van der Waals surface area contributed by atoms with Crippen molar-refractivity contribution in [1.82, 2.24) is 4.90 Å². The van der Waals surface area contributed by atoms with E-state index >= 15 is 0 Å². The molecule has 2 rings (SSSR count). The van der Waals surface area contributed by atoms with Crippen LogP contribution in [0.25, 0.3) is 0 Å². The van der Waals surface area contributed by atoms with Crippen molar-refractivity contribution in [3.05, 3.63) is 35.4 Å². The second kappa shape index (κ2) is 6.58. The lowest BCUT2D eigenvalue weighted by Gasteiger charge is -2.35. The molecule has 0 radical (unpaired) electrons. The molecular weight excluding hydrogens is 250 g/mol. The van der Waals surface area contributed by atoms with Crippen molar-refractivity contribution >= 4 is 5.91 Å². The Morgan fingerprint density at radius 2 is 1.95 bits per heavy atom. The Hall–Kier alpha value is -1.79. The number of aliphatic hydroxyl groups is 1. The maximum atomic E-state index is 12.7. The fourth-order valence-corrected chi connectivity index (χ4v) is 2.91. The third-order valence-corrected chi connectivity index (χ3v) is 3.62. The number of amides is 1. The Kier molecular flexibility index (Phi) is 4.81. The predicted octanol–water partition coefficient (Wildman–Crippen LogP) is 2.15. The summed E-state index contributed by atoms with van der Waals surface area (Å²) in [6.45, 7) is 5.80. The minimum atomic E-state index is -0.194. The molecule has 1 aliphatic heterocycles. The van der Waals surface area contributed by atoms with Gasteiger partial charge in [-0.05, 0) is 30.4 Å². The van der Waals surface area contributed by atoms with Gasteiger partial charge >= 0.3 is 0 Å². The number of likely N-dealkylation sites (tertiary alicyclic amines) is 1. The molecule has 1 aromatic carbocycles. The highest BCUT2D eigenvalue weighted by molar-refractivity contribution is 5.96. The molecule has 106 valence electrons. The lowest BCUT2D eigenvalue weighted by Crippen LogP contribution is -2.42. The summed E-state index contributed by atoms with van der Waals surface area (Å²) in [5.41, 5.74) is 1.33. The lowest BCUT2D eigenvalue weighted by atomic mass is 9.91. The molecule has 1 aliphatic rings. The molecular formula is C17H21NO2. The van der Waals surface area contributed by atoms with Gasteiger partial charge in [-0.2, -0.15) is 0 Å². The van der Waals surface area contributed by atoms with E-state index in [1.165, 1.54) is 6.42 Å². The van der Waals surface area contributed by atoms with Gasteiger partial charge in [0.25, 0.3) is 5.91 Å². The molecule has 3 heteroatoms. The number of nitrogens with zero attached hydrogens (tertiary/aromatic N) is 1. The van der Waals surface area contributed by atoms with Gasteiger partial charge in [0.15, 0.2) is 0 Å². The first-order valence-corrected chi connectivity index (χ1v) is 7.10. The maximum absolute atomic E-state index is 12.7. The molecule has 2 atom stereocenters. The molecule has 1 fully saturated rings. The SMILES string of the molecule is CC1CC(C)CN(C(=O)c2ccccc2C#CCO)C1. The molecule has 1 amide bonds. The van der Waals surface area contributed by atoms with Crippen molar-refractivity contribution in [3.8, 4) is 11.8 Å². The molecule has 0 bridgehead atoms. The smallest absolute Gasteiger partial charge is 0.255 e. The molecule has 0 aliphatic carbocycles. The zero-order valence-corrected chi connectivity index (χ0v) is 12.1. The first-order valence-electron chi connectivity index (χ1n) is 7.10. The maximum Gasteiger partial charge on any atom is 0.255 e. The average Bonchev–Trinajstić information content (AvgIpc) is 2.43. The molecule has 20 heavy (non-hydrogen) atoms. The highest BCUT2D eigenvalue weighted by Crippen LogP contribution is 2.23. The molecule has 1 saturated heterocycles. The van der Waals surface area contributed by atoms with E-state index in [9.17, 15) is 4.79 Å². The van der Waals surface area contributed by atoms with Gasteiger partial charge in [0.05, 0.1) is 5.56 Å². The number of piperidine rings is 1. The zero-order chi connectivity index (χ0) is 14.5. The Morgan fingerprint density at radius 3 is 2.60 bits per heavy atom.